The Bertz CT molecular complexity index is 784. The van der Waals surface area contributed by atoms with Gasteiger partial charge in [-0.2, -0.15) is 10.4 Å². The molecule has 4 atom stereocenters. The highest BCUT2D eigenvalue weighted by Crippen LogP contribution is 2.43. The molecule has 0 saturated carbocycles. The average Bonchev–Trinajstić information content (AvgIpc) is 3.09. The van der Waals surface area contributed by atoms with E-state index in [0.717, 1.165) is 0 Å². The lowest BCUT2D eigenvalue weighted by Gasteiger charge is -2.24. The number of nitriles is 1. The van der Waals surface area contributed by atoms with Crippen molar-refractivity contribution in [3.8, 4) is 6.07 Å². The molecular weight excluding hydrogens is 310 g/mol. The van der Waals surface area contributed by atoms with Gasteiger partial charge in [-0.05, 0) is 26.0 Å². The highest BCUT2D eigenvalue weighted by Gasteiger charge is 2.55. The predicted octanol–water partition coefficient (Wildman–Crippen LogP) is 0.657. The molecule has 0 bridgehead atoms. The first-order chi connectivity index (χ1) is 11.4. The molecule has 3 heterocycles. The highest BCUT2D eigenvalue weighted by molar-refractivity contribution is 5.68. The third-order valence-corrected chi connectivity index (χ3v) is 4.44. The Balaban J connectivity index is 2.14. The molecule has 1 saturated heterocycles. The Morgan fingerprint density at radius 3 is 2.83 bits per heavy atom. The summed E-state index contributed by atoms with van der Waals surface area (Å²) < 4.78 is 7.33. The SMILES string of the molecule is CC(C)Nc1ncnn2c([C@]3(C#N)O[C@H](CO)[C@@H](C)[C@H]3O)ccc12. The molecule has 0 amide bonds. The van der Waals surface area contributed by atoms with Crippen LogP contribution in [0.1, 0.15) is 26.5 Å². The van der Waals surface area contributed by atoms with E-state index in [1.807, 2.05) is 13.8 Å². The number of anilines is 1. The van der Waals surface area contributed by atoms with E-state index < -0.39 is 17.8 Å². The molecule has 2 aromatic rings. The van der Waals surface area contributed by atoms with Crippen LogP contribution in [0.2, 0.25) is 0 Å². The van der Waals surface area contributed by atoms with Gasteiger partial charge in [-0.3, -0.25) is 0 Å². The molecule has 0 unspecified atom stereocenters. The molecule has 1 aliphatic rings. The van der Waals surface area contributed by atoms with Crippen LogP contribution in [0.25, 0.3) is 5.52 Å². The molecular formula is C16H21N5O3. The van der Waals surface area contributed by atoms with Crippen molar-refractivity contribution >= 4 is 11.3 Å². The van der Waals surface area contributed by atoms with Crippen molar-refractivity contribution in [3.63, 3.8) is 0 Å². The first-order valence-electron chi connectivity index (χ1n) is 7.92. The quantitative estimate of drug-likeness (QED) is 0.753. The molecule has 8 nitrogen and oxygen atoms in total. The van der Waals surface area contributed by atoms with Crippen LogP contribution in [0.5, 0.6) is 0 Å². The summed E-state index contributed by atoms with van der Waals surface area (Å²) in [7, 11) is 0. The van der Waals surface area contributed by atoms with Gasteiger partial charge in [-0.15, -0.1) is 0 Å². The number of ether oxygens (including phenoxy) is 1. The van der Waals surface area contributed by atoms with E-state index in [1.54, 1.807) is 23.6 Å². The summed E-state index contributed by atoms with van der Waals surface area (Å²) in [6, 6.07) is 5.76. The summed E-state index contributed by atoms with van der Waals surface area (Å²) in [6.07, 6.45) is -0.296. The lowest BCUT2D eigenvalue weighted by molar-refractivity contribution is -0.0633. The topological polar surface area (TPSA) is 116 Å². The fraction of sp³-hybridized carbons (Fsp3) is 0.562. The van der Waals surface area contributed by atoms with Crippen LogP contribution in [0.15, 0.2) is 18.5 Å². The molecule has 128 valence electrons. The first kappa shape index (κ1) is 16.6. The van der Waals surface area contributed by atoms with E-state index in [0.29, 0.717) is 17.0 Å². The maximum absolute atomic E-state index is 10.6. The van der Waals surface area contributed by atoms with Crippen molar-refractivity contribution in [2.45, 2.75) is 44.6 Å². The second-order valence-corrected chi connectivity index (χ2v) is 6.41. The minimum atomic E-state index is -1.58. The number of aliphatic hydroxyl groups excluding tert-OH is 2. The molecule has 1 aliphatic heterocycles. The number of fused-ring (bicyclic) bond motifs is 1. The van der Waals surface area contributed by atoms with Crippen molar-refractivity contribution in [1.29, 1.82) is 5.26 Å². The largest absolute Gasteiger partial charge is 0.394 e. The number of nitrogens with zero attached hydrogens (tertiary/aromatic N) is 4. The van der Waals surface area contributed by atoms with E-state index in [2.05, 4.69) is 21.5 Å². The van der Waals surface area contributed by atoms with E-state index >= 15 is 0 Å². The zero-order valence-electron chi connectivity index (χ0n) is 13.8. The molecule has 24 heavy (non-hydrogen) atoms. The zero-order chi connectivity index (χ0) is 17.5. The molecule has 3 rings (SSSR count). The smallest absolute Gasteiger partial charge is 0.223 e. The van der Waals surface area contributed by atoms with Crippen LogP contribution in [-0.4, -0.2) is 49.7 Å². The van der Waals surface area contributed by atoms with Crippen molar-refractivity contribution in [1.82, 2.24) is 14.6 Å². The van der Waals surface area contributed by atoms with Crippen molar-refractivity contribution in [2.75, 3.05) is 11.9 Å². The van der Waals surface area contributed by atoms with Gasteiger partial charge in [-0.25, -0.2) is 9.50 Å². The second kappa shape index (κ2) is 6.02. The Morgan fingerprint density at radius 1 is 1.50 bits per heavy atom. The molecule has 0 aliphatic carbocycles. The van der Waals surface area contributed by atoms with Gasteiger partial charge >= 0.3 is 0 Å². The van der Waals surface area contributed by atoms with Crippen LogP contribution >= 0.6 is 0 Å². The van der Waals surface area contributed by atoms with Crippen LogP contribution < -0.4 is 5.32 Å². The molecule has 8 heteroatoms. The number of aromatic nitrogens is 3. The van der Waals surface area contributed by atoms with E-state index in [1.165, 1.54) is 6.33 Å². The Hall–Kier alpha value is -2.21. The lowest BCUT2D eigenvalue weighted by Crippen LogP contribution is -2.38. The monoisotopic (exact) mass is 331 g/mol. The van der Waals surface area contributed by atoms with Crippen LogP contribution in [0, 0.1) is 17.2 Å². The van der Waals surface area contributed by atoms with Crippen LogP contribution in [0.3, 0.4) is 0 Å². The van der Waals surface area contributed by atoms with Gasteiger partial charge in [0.2, 0.25) is 5.60 Å². The highest BCUT2D eigenvalue weighted by atomic mass is 16.5. The Kier molecular flexibility index (Phi) is 4.17. The zero-order valence-corrected chi connectivity index (χ0v) is 13.8. The van der Waals surface area contributed by atoms with Gasteiger partial charge in [-0.1, -0.05) is 6.92 Å². The number of nitrogens with one attached hydrogen (secondary N) is 1. The van der Waals surface area contributed by atoms with Crippen molar-refractivity contribution in [3.05, 3.63) is 24.2 Å². The number of aliphatic hydroxyl groups is 2. The van der Waals surface area contributed by atoms with Crippen LogP contribution in [0.4, 0.5) is 5.82 Å². The summed E-state index contributed by atoms with van der Waals surface area (Å²) in [5.74, 6) is 0.258. The van der Waals surface area contributed by atoms with E-state index in [-0.39, 0.29) is 18.6 Å². The average molecular weight is 331 g/mol. The van der Waals surface area contributed by atoms with Gasteiger partial charge in [0.15, 0.2) is 5.82 Å². The van der Waals surface area contributed by atoms with E-state index in [4.69, 9.17) is 4.74 Å². The summed E-state index contributed by atoms with van der Waals surface area (Å²) in [4.78, 5) is 4.23. The van der Waals surface area contributed by atoms with Gasteiger partial charge in [0, 0.05) is 12.0 Å². The van der Waals surface area contributed by atoms with Crippen molar-refractivity contribution in [2.24, 2.45) is 5.92 Å². The minimum Gasteiger partial charge on any atom is -0.394 e. The molecule has 3 N–H and O–H groups in total. The standard InChI is InChI=1S/C16H21N5O3/c1-9(2)20-15-11-4-5-13(21(11)19-8-18-15)16(7-17)14(23)10(3)12(6-22)24-16/h4-5,8-10,12,14,22-23H,6H2,1-3H3,(H,18,19,20)/t10-,12-,14-,16+/m1/s1. The number of hydrogen-bond acceptors (Lipinski definition) is 7. The van der Waals surface area contributed by atoms with Gasteiger partial charge in [0.25, 0.3) is 0 Å². The fourth-order valence-electron chi connectivity index (χ4n) is 3.15. The second-order valence-electron chi connectivity index (χ2n) is 6.41. The summed E-state index contributed by atoms with van der Waals surface area (Å²) in [5, 5.41) is 37.3. The maximum atomic E-state index is 10.6. The Labute approximate surface area is 139 Å². The molecule has 1 fully saturated rings. The number of rotatable bonds is 4. The molecule has 0 spiro atoms. The van der Waals surface area contributed by atoms with Gasteiger partial charge in [0.1, 0.15) is 24.0 Å². The van der Waals surface area contributed by atoms with Crippen molar-refractivity contribution < 1.29 is 14.9 Å². The lowest BCUT2D eigenvalue weighted by atomic mass is 9.88. The summed E-state index contributed by atoms with van der Waals surface area (Å²) >= 11 is 0. The maximum Gasteiger partial charge on any atom is 0.223 e. The summed E-state index contributed by atoms with van der Waals surface area (Å²) in [6.45, 7) is 5.48. The molecule has 2 aromatic heterocycles. The third kappa shape index (κ3) is 2.33. The minimum absolute atomic E-state index is 0.180. The normalized spacial score (nSPS) is 30.0. The molecule has 0 radical (unpaired) electrons. The van der Waals surface area contributed by atoms with E-state index in [9.17, 15) is 15.5 Å². The number of hydrogen-bond donors (Lipinski definition) is 3. The van der Waals surface area contributed by atoms with Gasteiger partial charge < -0.3 is 20.3 Å². The predicted molar refractivity (Wildman–Crippen MR) is 86.2 cm³/mol. The van der Waals surface area contributed by atoms with Crippen LogP contribution in [-0.2, 0) is 10.3 Å². The first-order valence-corrected chi connectivity index (χ1v) is 7.92. The summed E-state index contributed by atoms with van der Waals surface area (Å²) in [5.41, 5.74) is -0.473. The third-order valence-electron chi connectivity index (χ3n) is 4.44. The fourth-order valence-corrected chi connectivity index (χ4v) is 3.15. The van der Waals surface area contributed by atoms with Gasteiger partial charge in [0.05, 0.1) is 18.4 Å². The Morgan fingerprint density at radius 2 is 2.25 bits per heavy atom. The molecule has 0 aromatic carbocycles.